The molecule has 1 aliphatic rings. The van der Waals surface area contributed by atoms with Gasteiger partial charge in [-0.25, -0.2) is 9.99 Å². The first-order valence-corrected chi connectivity index (χ1v) is 8.95. The molecule has 2 aromatic carbocycles. The van der Waals surface area contributed by atoms with Crippen LogP contribution in [-0.2, 0) is 4.79 Å². The van der Waals surface area contributed by atoms with Gasteiger partial charge in [-0.3, -0.25) is 4.79 Å². The average molecular weight is 415 g/mol. The van der Waals surface area contributed by atoms with Gasteiger partial charge in [0, 0.05) is 21.8 Å². The number of fused-ring (bicyclic) bond motifs is 1. The number of aromatic nitrogens is 1. The van der Waals surface area contributed by atoms with Crippen LogP contribution in [0.15, 0.2) is 64.2 Å². The van der Waals surface area contributed by atoms with Crippen LogP contribution in [0.4, 0.5) is 0 Å². The minimum atomic E-state index is -0.249. The second-order valence-electron chi connectivity index (χ2n) is 5.82. The molecule has 3 aromatic rings. The summed E-state index contributed by atoms with van der Waals surface area (Å²) in [6.45, 7) is 0. The van der Waals surface area contributed by atoms with Crippen LogP contribution in [0, 0.1) is 0 Å². The summed E-state index contributed by atoms with van der Waals surface area (Å²) in [5.74, 6) is 0. The van der Waals surface area contributed by atoms with Crippen molar-refractivity contribution in [3.63, 3.8) is 0 Å². The van der Waals surface area contributed by atoms with Gasteiger partial charge in [0.1, 0.15) is 5.15 Å². The number of hydrogen-bond acceptors (Lipinski definition) is 3. The molecule has 4 nitrogen and oxygen atoms in total. The zero-order valence-electron chi connectivity index (χ0n) is 13.1. The number of halogens is 2. The highest BCUT2D eigenvalue weighted by atomic mass is 79.9. The van der Waals surface area contributed by atoms with Crippen LogP contribution in [0.1, 0.15) is 23.6 Å². The van der Waals surface area contributed by atoms with E-state index in [-0.39, 0.29) is 6.04 Å². The van der Waals surface area contributed by atoms with Gasteiger partial charge in [0.05, 0.1) is 17.3 Å². The Kier molecular flexibility index (Phi) is 4.27. The molecule has 0 fully saturated rings. The van der Waals surface area contributed by atoms with Crippen LogP contribution >= 0.6 is 27.5 Å². The molecular formula is C19H13BrClN3O. The molecule has 124 valence electrons. The maximum atomic E-state index is 11.5. The normalized spacial score (nSPS) is 17.0. The van der Waals surface area contributed by atoms with E-state index in [1.54, 1.807) is 0 Å². The number of pyridine rings is 1. The Hall–Kier alpha value is -2.24. The van der Waals surface area contributed by atoms with Crippen LogP contribution in [0.25, 0.3) is 10.9 Å². The molecule has 1 atom stereocenters. The maximum absolute atomic E-state index is 11.5. The van der Waals surface area contributed by atoms with E-state index in [0.717, 1.165) is 38.6 Å². The van der Waals surface area contributed by atoms with Crippen LogP contribution in [-0.4, -0.2) is 22.1 Å². The van der Waals surface area contributed by atoms with Crippen molar-refractivity contribution in [2.75, 3.05) is 0 Å². The summed E-state index contributed by atoms with van der Waals surface area (Å²) in [5, 5.41) is 7.29. The third-order valence-electron chi connectivity index (χ3n) is 4.29. The van der Waals surface area contributed by atoms with Crippen molar-refractivity contribution in [3.8, 4) is 0 Å². The lowest BCUT2D eigenvalue weighted by molar-refractivity contribution is -0.119. The first-order valence-electron chi connectivity index (χ1n) is 7.78. The lowest BCUT2D eigenvalue weighted by Gasteiger charge is -2.18. The standard InChI is InChI=1S/C19H13BrClN3O/c20-14-7-5-12(6-8-14)17-10-18(24(11-25)23-17)15-9-13-3-1-2-4-16(13)22-19(15)21/h1-9,11,18H,10H2/t18-/m0/s1. The number of hydrogen-bond donors (Lipinski definition) is 0. The number of rotatable bonds is 3. The predicted octanol–water partition coefficient (Wildman–Crippen LogP) is 4.96. The molecule has 25 heavy (non-hydrogen) atoms. The highest BCUT2D eigenvalue weighted by molar-refractivity contribution is 9.10. The summed E-state index contributed by atoms with van der Waals surface area (Å²) < 4.78 is 1.00. The summed E-state index contributed by atoms with van der Waals surface area (Å²) in [4.78, 5) is 16.0. The van der Waals surface area contributed by atoms with Gasteiger partial charge < -0.3 is 0 Å². The number of hydrazone groups is 1. The SMILES string of the molecule is O=CN1N=C(c2ccc(Br)cc2)C[C@H]1c1cc2ccccc2nc1Cl. The van der Waals surface area contributed by atoms with Gasteiger partial charge in [0.15, 0.2) is 0 Å². The number of benzene rings is 2. The molecular weight excluding hydrogens is 402 g/mol. The molecule has 1 aliphatic heterocycles. The number of carbonyl (C=O) groups excluding carboxylic acids is 1. The van der Waals surface area contributed by atoms with Gasteiger partial charge >= 0.3 is 0 Å². The fourth-order valence-corrected chi connectivity index (χ4v) is 3.57. The highest BCUT2D eigenvalue weighted by Crippen LogP contribution is 2.36. The van der Waals surface area contributed by atoms with Crippen molar-refractivity contribution in [3.05, 3.63) is 75.4 Å². The lowest BCUT2D eigenvalue weighted by atomic mass is 9.98. The van der Waals surface area contributed by atoms with E-state index in [4.69, 9.17) is 11.6 Å². The van der Waals surface area contributed by atoms with Gasteiger partial charge in [-0.1, -0.05) is 57.9 Å². The van der Waals surface area contributed by atoms with Crippen LogP contribution in [0.5, 0.6) is 0 Å². The Morgan fingerprint density at radius 2 is 1.92 bits per heavy atom. The fourth-order valence-electron chi connectivity index (χ4n) is 3.04. The molecule has 0 bridgehead atoms. The Morgan fingerprint density at radius 1 is 1.16 bits per heavy atom. The first kappa shape index (κ1) is 16.2. The Morgan fingerprint density at radius 3 is 2.68 bits per heavy atom. The topological polar surface area (TPSA) is 45.6 Å². The second-order valence-corrected chi connectivity index (χ2v) is 7.09. The molecule has 0 unspecified atom stereocenters. The van der Waals surface area contributed by atoms with Gasteiger partial charge in [0.25, 0.3) is 0 Å². The minimum Gasteiger partial charge on any atom is -0.277 e. The molecule has 4 rings (SSSR count). The van der Waals surface area contributed by atoms with E-state index in [2.05, 4.69) is 26.0 Å². The van der Waals surface area contributed by atoms with Gasteiger partial charge in [-0.15, -0.1) is 0 Å². The Balaban J connectivity index is 1.73. The summed E-state index contributed by atoms with van der Waals surface area (Å²) in [7, 11) is 0. The molecule has 1 amide bonds. The van der Waals surface area contributed by atoms with Crippen LogP contribution < -0.4 is 0 Å². The van der Waals surface area contributed by atoms with Crippen LogP contribution in [0.3, 0.4) is 0 Å². The van der Waals surface area contributed by atoms with E-state index < -0.39 is 0 Å². The summed E-state index contributed by atoms with van der Waals surface area (Å²) in [5.41, 5.74) is 3.49. The largest absolute Gasteiger partial charge is 0.277 e. The molecule has 0 spiro atoms. The smallest absolute Gasteiger partial charge is 0.230 e. The van der Waals surface area contributed by atoms with Crippen molar-refractivity contribution in [2.45, 2.75) is 12.5 Å². The molecule has 0 saturated heterocycles. The second kappa shape index (κ2) is 6.58. The zero-order valence-corrected chi connectivity index (χ0v) is 15.4. The quantitative estimate of drug-likeness (QED) is 0.449. The van der Waals surface area contributed by atoms with E-state index in [1.807, 2.05) is 54.6 Å². The molecule has 1 aromatic heterocycles. The Labute approximate surface area is 158 Å². The lowest BCUT2D eigenvalue weighted by Crippen LogP contribution is -2.18. The van der Waals surface area contributed by atoms with E-state index in [0.29, 0.717) is 11.6 Å². The zero-order chi connectivity index (χ0) is 17.4. The van der Waals surface area contributed by atoms with Crippen molar-refractivity contribution < 1.29 is 4.79 Å². The van der Waals surface area contributed by atoms with Crippen molar-refractivity contribution in [1.82, 2.24) is 9.99 Å². The molecule has 0 aliphatic carbocycles. The van der Waals surface area contributed by atoms with Crippen molar-refractivity contribution in [2.24, 2.45) is 5.10 Å². The van der Waals surface area contributed by atoms with E-state index in [1.165, 1.54) is 5.01 Å². The third-order valence-corrected chi connectivity index (χ3v) is 5.12. The van der Waals surface area contributed by atoms with Gasteiger partial charge in [-0.05, 0) is 29.8 Å². The maximum Gasteiger partial charge on any atom is 0.230 e. The number of nitrogens with zero attached hydrogens (tertiary/aromatic N) is 3. The molecule has 2 heterocycles. The molecule has 0 saturated carbocycles. The molecule has 0 N–H and O–H groups in total. The molecule has 0 radical (unpaired) electrons. The first-order chi connectivity index (χ1) is 12.2. The predicted molar refractivity (Wildman–Crippen MR) is 103 cm³/mol. The highest BCUT2D eigenvalue weighted by Gasteiger charge is 2.30. The Bertz CT molecular complexity index is 988. The third kappa shape index (κ3) is 3.05. The van der Waals surface area contributed by atoms with Crippen molar-refractivity contribution >= 4 is 50.6 Å². The number of amides is 1. The van der Waals surface area contributed by atoms with Crippen LogP contribution in [0.2, 0.25) is 5.15 Å². The number of para-hydroxylation sites is 1. The monoisotopic (exact) mass is 413 g/mol. The molecule has 6 heteroatoms. The van der Waals surface area contributed by atoms with E-state index >= 15 is 0 Å². The fraction of sp³-hybridized carbons (Fsp3) is 0.105. The minimum absolute atomic E-state index is 0.249. The summed E-state index contributed by atoms with van der Waals surface area (Å²) >= 11 is 9.84. The van der Waals surface area contributed by atoms with E-state index in [9.17, 15) is 4.79 Å². The van der Waals surface area contributed by atoms with Gasteiger partial charge in [0.2, 0.25) is 6.41 Å². The summed E-state index contributed by atoms with van der Waals surface area (Å²) in [6.07, 6.45) is 1.34. The summed E-state index contributed by atoms with van der Waals surface area (Å²) in [6, 6.07) is 17.4. The number of carbonyl (C=O) groups is 1. The average Bonchev–Trinajstić information content (AvgIpc) is 3.06. The van der Waals surface area contributed by atoms with Crippen molar-refractivity contribution in [1.29, 1.82) is 0 Å². The van der Waals surface area contributed by atoms with Gasteiger partial charge in [-0.2, -0.15) is 5.10 Å².